The summed E-state index contributed by atoms with van der Waals surface area (Å²) < 4.78 is 16.2. The number of carbonyl (C=O) groups excluding carboxylic acids is 2. The first kappa shape index (κ1) is 13.0. The van der Waals surface area contributed by atoms with Crippen LogP contribution in [-0.2, 0) is 23.8 Å². The third-order valence-electron chi connectivity index (χ3n) is 4.88. The molecule has 0 aromatic carbocycles. The average molecular weight is 292 g/mol. The SMILES string of the molecule is C=C1C(=O)OC2CC3=CC(CC4(C)OC4C(O)C12)OC3=O. The molecule has 4 rings (SSSR count). The summed E-state index contributed by atoms with van der Waals surface area (Å²) in [6.45, 7) is 5.60. The first-order valence-corrected chi connectivity index (χ1v) is 7.06. The number of hydrogen-bond donors (Lipinski definition) is 1. The molecule has 0 aromatic heterocycles. The fourth-order valence-electron chi connectivity index (χ4n) is 3.69. The summed E-state index contributed by atoms with van der Waals surface area (Å²) in [4.78, 5) is 23.6. The summed E-state index contributed by atoms with van der Waals surface area (Å²) in [5.41, 5.74) is 0.186. The number of rotatable bonds is 0. The second-order valence-corrected chi connectivity index (χ2v) is 6.38. The molecule has 0 spiro atoms. The maximum absolute atomic E-state index is 11.9. The quantitative estimate of drug-likeness (QED) is 0.391. The van der Waals surface area contributed by atoms with Crippen molar-refractivity contribution in [3.63, 3.8) is 0 Å². The Bertz CT molecular complexity index is 593. The Kier molecular flexibility index (Phi) is 2.45. The highest BCUT2D eigenvalue weighted by atomic mass is 16.6. The summed E-state index contributed by atoms with van der Waals surface area (Å²) in [5.74, 6) is -1.45. The van der Waals surface area contributed by atoms with Gasteiger partial charge in [0.15, 0.2) is 0 Å². The second-order valence-electron chi connectivity index (χ2n) is 6.38. The zero-order valence-corrected chi connectivity index (χ0v) is 11.6. The largest absolute Gasteiger partial charge is 0.458 e. The van der Waals surface area contributed by atoms with Gasteiger partial charge in [-0.25, -0.2) is 9.59 Å². The van der Waals surface area contributed by atoms with Gasteiger partial charge in [-0.15, -0.1) is 0 Å². The lowest BCUT2D eigenvalue weighted by atomic mass is 9.82. The topological polar surface area (TPSA) is 85.4 Å². The molecule has 0 amide bonds. The first-order chi connectivity index (χ1) is 9.89. The van der Waals surface area contributed by atoms with Crippen LogP contribution in [0.5, 0.6) is 0 Å². The van der Waals surface area contributed by atoms with Crippen LogP contribution < -0.4 is 0 Å². The van der Waals surface area contributed by atoms with Crippen molar-refractivity contribution in [2.45, 2.75) is 49.8 Å². The molecule has 1 aliphatic carbocycles. The van der Waals surface area contributed by atoms with Crippen molar-refractivity contribution in [1.82, 2.24) is 0 Å². The molecule has 4 aliphatic rings. The van der Waals surface area contributed by atoms with Crippen molar-refractivity contribution >= 4 is 11.9 Å². The van der Waals surface area contributed by atoms with E-state index in [-0.39, 0.29) is 24.1 Å². The zero-order chi connectivity index (χ0) is 14.9. The average Bonchev–Trinajstić information content (AvgIpc) is 2.83. The van der Waals surface area contributed by atoms with Crippen molar-refractivity contribution in [3.05, 3.63) is 23.8 Å². The number of esters is 2. The lowest BCUT2D eigenvalue weighted by molar-refractivity contribution is -0.143. The van der Waals surface area contributed by atoms with Gasteiger partial charge in [-0.05, 0) is 13.0 Å². The highest BCUT2D eigenvalue weighted by molar-refractivity contribution is 5.93. The van der Waals surface area contributed by atoms with Crippen LogP contribution in [0.4, 0.5) is 0 Å². The van der Waals surface area contributed by atoms with Crippen molar-refractivity contribution in [3.8, 4) is 0 Å². The van der Waals surface area contributed by atoms with Crippen LogP contribution >= 0.6 is 0 Å². The summed E-state index contributed by atoms with van der Waals surface area (Å²) in [7, 11) is 0. The second kappa shape index (κ2) is 3.96. The predicted octanol–water partition coefficient (Wildman–Crippen LogP) is 0.248. The smallest absolute Gasteiger partial charge is 0.334 e. The Labute approximate surface area is 121 Å². The van der Waals surface area contributed by atoms with Gasteiger partial charge in [0.25, 0.3) is 0 Å². The van der Waals surface area contributed by atoms with E-state index in [2.05, 4.69) is 6.58 Å². The van der Waals surface area contributed by atoms with Crippen LogP contribution in [0.2, 0.25) is 0 Å². The van der Waals surface area contributed by atoms with E-state index in [0.717, 1.165) is 0 Å². The van der Waals surface area contributed by atoms with E-state index in [1.165, 1.54) is 0 Å². The van der Waals surface area contributed by atoms with E-state index in [1.807, 2.05) is 6.92 Å². The molecule has 6 unspecified atom stereocenters. The normalized spacial score (nSPS) is 48.0. The summed E-state index contributed by atoms with van der Waals surface area (Å²) in [5, 5.41) is 10.6. The number of fused-ring (bicyclic) bond motifs is 3. The molecular weight excluding hydrogens is 276 g/mol. The van der Waals surface area contributed by atoms with E-state index in [4.69, 9.17) is 14.2 Å². The highest BCUT2D eigenvalue weighted by Gasteiger charge is 2.62. The van der Waals surface area contributed by atoms with Gasteiger partial charge in [-0.3, -0.25) is 0 Å². The van der Waals surface area contributed by atoms with Gasteiger partial charge in [-0.2, -0.15) is 0 Å². The van der Waals surface area contributed by atoms with Crippen molar-refractivity contribution < 1.29 is 28.9 Å². The molecule has 6 heteroatoms. The summed E-state index contributed by atoms with van der Waals surface area (Å²) in [6.07, 6.45) is 0.317. The van der Waals surface area contributed by atoms with E-state index in [0.29, 0.717) is 12.0 Å². The molecule has 2 fully saturated rings. The molecule has 21 heavy (non-hydrogen) atoms. The van der Waals surface area contributed by atoms with Gasteiger partial charge in [-0.1, -0.05) is 6.58 Å². The maximum atomic E-state index is 11.9. The molecule has 2 bridgehead atoms. The van der Waals surface area contributed by atoms with E-state index in [1.54, 1.807) is 6.08 Å². The molecule has 6 nitrogen and oxygen atoms in total. The van der Waals surface area contributed by atoms with Crippen LogP contribution in [0, 0.1) is 5.92 Å². The van der Waals surface area contributed by atoms with Crippen LogP contribution in [-0.4, -0.2) is 47.1 Å². The molecule has 3 aliphatic heterocycles. The minimum atomic E-state index is -0.868. The van der Waals surface area contributed by atoms with Gasteiger partial charge < -0.3 is 19.3 Å². The molecule has 2 saturated heterocycles. The molecular formula is C15H16O6. The predicted molar refractivity (Wildman–Crippen MR) is 69.0 cm³/mol. The number of aliphatic hydroxyl groups excluding tert-OH is 1. The highest BCUT2D eigenvalue weighted by Crippen LogP contribution is 2.49. The maximum Gasteiger partial charge on any atom is 0.334 e. The summed E-state index contributed by atoms with van der Waals surface area (Å²) in [6, 6.07) is 0. The third kappa shape index (κ3) is 1.79. The zero-order valence-electron chi connectivity index (χ0n) is 11.6. The van der Waals surface area contributed by atoms with Gasteiger partial charge in [0.1, 0.15) is 18.3 Å². The van der Waals surface area contributed by atoms with Crippen molar-refractivity contribution in [1.29, 1.82) is 0 Å². The first-order valence-electron chi connectivity index (χ1n) is 7.06. The Morgan fingerprint density at radius 1 is 1.33 bits per heavy atom. The molecule has 1 N–H and O–H groups in total. The molecule has 0 saturated carbocycles. The molecule has 0 aromatic rings. The number of aliphatic hydroxyl groups is 1. The van der Waals surface area contributed by atoms with E-state index in [9.17, 15) is 14.7 Å². The van der Waals surface area contributed by atoms with Gasteiger partial charge >= 0.3 is 11.9 Å². The van der Waals surface area contributed by atoms with Gasteiger partial charge in [0, 0.05) is 24.0 Å². The van der Waals surface area contributed by atoms with Gasteiger partial charge in [0.2, 0.25) is 0 Å². The molecule has 6 atom stereocenters. The van der Waals surface area contributed by atoms with Gasteiger partial charge in [0.05, 0.1) is 17.6 Å². The Morgan fingerprint density at radius 3 is 2.86 bits per heavy atom. The lowest BCUT2D eigenvalue weighted by Gasteiger charge is -2.23. The van der Waals surface area contributed by atoms with Crippen molar-refractivity contribution in [2.75, 3.05) is 0 Å². The fraction of sp³-hybridized carbons (Fsp3) is 0.600. The Hall–Kier alpha value is -1.66. The van der Waals surface area contributed by atoms with Crippen LogP contribution in [0.3, 0.4) is 0 Å². The third-order valence-corrected chi connectivity index (χ3v) is 4.88. The number of epoxide rings is 1. The lowest BCUT2D eigenvalue weighted by Crippen LogP contribution is -2.37. The van der Waals surface area contributed by atoms with E-state index >= 15 is 0 Å². The van der Waals surface area contributed by atoms with Crippen LogP contribution in [0.15, 0.2) is 23.8 Å². The minimum absolute atomic E-state index is 0.241. The number of carbonyl (C=O) groups is 2. The monoisotopic (exact) mass is 292 g/mol. The Morgan fingerprint density at radius 2 is 2.10 bits per heavy atom. The van der Waals surface area contributed by atoms with E-state index < -0.39 is 35.8 Å². The standard InChI is InChI=1S/C15H16O6/c1-6-10-9(20-13(6)17)4-7-3-8(19-14(7)18)5-15(2)12(21-15)11(10)16/h3,8-12,16H,1,4-5H2,2H3. The molecule has 112 valence electrons. The van der Waals surface area contributed by atoms with Crippen molar-refractivity contribution in [2.24, 2.45) is 5.92 Å². The van der Waals surface area contributed by atoms with Crippen LogP contribution in [0.25, 0.3) is 0 Å². The molecule has 3 heterocycles. The summed E-state index contributed by atoms with van der Waals surface area (Å²) >= 11 is 0. The number of hydrogen-bond acceptors (Lipinski definition) is 6. The minimum Gasteiger partial charge on any atom is -0.458 e. The Balaban J connectivity index is 1.74. The fourth-order valence-corrected chi connectivity index (χ4v) is 3.69. The number of ether oxygens (including phenoxy) is 3. The van der Waals surface area contributed by atoms with Crippen LogP contribution in [0.1, 0.15) is 19.8 Å². The molecule has 0 radical (unpaired) electrons.